The first-order valence-corrected chi connectivity index (χ1v) is 22.3. The highest BCUT2D eigenvalue weighted by Gasteiger charge is 2.25. The minimum absolute atomic E-state index is 0.0139. The van der Waals surface area contributed by atoms with E-state index in [0.717, 1.165) is 89.9 Å². The Morgan fingerprint density at radius 1 is 0.517 bits per heavy atom. The second-order valence-corrected chi connectivity index (χ2v) is 15.5. The van der Waals surface area contributed by atoms with E-state index in [-0.39, 0.29) is 49.1 Å². The van der Waals surface area contributed by atoms with Gasteiger partial charge >= 0.3 is 11.9 Å². The molecule has 2 atom stereocenters. The third-order valence-corrected chi connectivity index (χ3v) is 9.22. The van der Waals surface area contributed by atoms with Crippen molar-refractivity contribution in [2.24, 2.45) is 0 Å². The van der Waals surface area contributed by atoms with Gasteiger partial charge < -0.3 is 28.6 Å². The number of allylic oxidation sites excluding steroid dienone is 16. The number of carbonyl (C=O) groups excluding carboxylic acids is 3. The lowest BCUT2D eigenvalue weighted by atomic mass is 10.1. The molecular formula is C50H81NO7. The van der Waals surface area contributed by atoms with Crippen LogP contribution in [0.4, 0.5) is 0 Å². The Balaban J connectivity index is 4.36. The number of carboxylic acids is 1. The van der Waals surface area contributed by atoms with Crippen LogP contribution < -0.4 is 5.11 Å². The molecule has 0 N–H and O–H groups in total. The summed E-state index contributed by atoms with van der Waals surface area (Å²) in [5.74, 6) is -1.83. The number of rotatable bonds is 38. The summed E-state index contributed by atoms with van der Waals surface area (Å²) in [6.45, 7) is 4.33. The second-order valence-electron chi connectivity index (χ2n) is 15.5. The fraction of sp³-hybridized carbons (Fsp3) is 0.620. The molecule has 58 heavy (non-hydrogen) atoms. The lowest BCUT2D eigenvalue weighted by Crippen LogP contribution is -2.55. The molecule has 0 amide bonds. The number of hydrogen-bond donors (Lipinski definition) is 0. The quantitative estimate of drug-likeness (QED) is 0.0265. The zero-order chi connectivity index (χ0) is 42.8. The second kappa shape index (κ2) is 40.0. The molecule has 0 fully saturated rings. The molecule has 0 spiro atoms. The molecule has 0 aliphatic carbocycles. The zero-order valence-electron chi connectivity index (χ0n) is 37.2. The number of likely N-dealkylation sites (N-methyl/N-ethyl adjacent to an activating group) is 1. The highest BCUT2D eigenvalue weighted by molar-refractivity contribution is 5.70. The summed E-state index contributed by atoms with van der Waals surface area (Å²) in [6.07, 6.45) is 53.1. The topological polar surface area (TPSA) is 102 Å². The number of esters is 2. The van der Waals surface area contributed by atoms with Gasteiger partial charge in [0.25, 0.3) is 0 Å². The van der Waals surface area contributed by atoms with Crippen LogP contribution in [0.2, 0.25) is 0 Å². The van der Waals surface area contributed by atoms with E-state index in [1.54, 1.807) is 21.1 Å². The highest BCUT2D eigenvalue weighted by Crippen LogP contribution is 2.12. The molecule has 0 aliphatic heterocycles. The first-order chi connectivity index (χ1) is 28.1. The standard InChI is InChI=1S/C50H81NO7/c1-6-8-10-12-14-16-18-19-20-21-22-23-24-25-26-27-28-29-31-33-35-37-39-41-49(53)58-46(44-56-43-42-47(50(54)55)51(3,4)5)45-57-48(52)40-38-36-34-32-30-17-15-13-11-9-7-2/h8-11,14-17,19-20,22-23,25-26,32,34,46-47H,6-7,12-13,18,21,24,27-31,33,35-45H2,1-5H3/b10-8+,11-9+,16-14+,17-15+,20-19+,23-22+,26-25+,34-32+. The molecule has 328 valence electrons. The Morgan fingerprint density at radius 3 is 1.40 bits per heavy atom. The van der Waals surface area contributed by atoms with Gasteiger partial charge in [-0.2, -0.15) is 0 Å². The lowest BCUT2D eigenvalue weighted by molar-refractivity contribution is -0.889. The van der Waals surface area contributed by atoms with Crippen LogP contribution in [0.3, 0.4) is 0 Å². The maximum absolute atomic E-state index is 12.7. The van der Waals surface area contributed by atoms with Crippen molar-refractivity contribution in [1.82, 2.24) is 0 Å². The van der Waals surface area contributed by atoms with Crippen LogP contribution in [0.5, 0.6) is 0 Å². The number of unbranched alkanes of at least 4 members (excludes halogenated alkanes) is 8. The number of quaternary nitrogens is 1. The monoisotopic (exact) mass is 808 g/mol. The molecule has 0 heterocycles. The van der Waals surface area contributed by atoms with E-state index < -0.39 is 18.1 Å². The third kappa shape index (κ3) is 37.8. The molecule has 0 aromatic carbocycles. The van der Waals surface area contributed by atoms with Crippen LogP contribution in [0.25, 0.3) is 0 Å². The fourth-order valence-electron chi connectivity index (χ4n) is 5.82. The fourth-order valence-corrected chi connectivity index (χ4v) is 5.82. The summed E-state index contributed by atoms with van der Waals surface area (Å²) < 4.78 is 17.1. The number of carbonyl (C=O) groups is 3. The Morgan fingerprint density at radius 2 is 0.931 bits per heavy atom. The molecule has 0 bridgehead atoms. The maximum Gasteiger partial charge on any atom is 0.306 e. The van der Waals surface area contributed by atoms with E-state index in [1.165, 1.54) is 19.3 Å². The van der Waals surface area contributed by atoms with E-state index in [2.05, 4.69) is 111 Å². The summed E-state index contributed by atoms with van der Waals surface area (Å²) in [6, 6.07) is -0.740. The maximum atomic E-state index is 12.7. The van der Waals surface area contributed by atoms with Crippen LogP contribution in [0.1, 0.15) is 149 Å². The van der Waals surface area contributed by atoms with Gasteiger partial charge in [-0.05, 0) is 83.5 Å². The van der Waals surface area contributed by atoms with Crippen molar-refractivity contribution in [1.29, 1.82) is 0 Å². The molecular weight excluding hydrogens is 727 g/mol. The number of nitrogens with zero attached hydrogens (tertiary/aromatic N) is 1. The first kappa shape index (κ1) is 54.2. The Hall–Kier alpha value is -3.75. The predicted molar refractivity (Wildman–Crippen MR) is 240 cm³/mol. The summed E-state index contributed by atoms with van der Waals surface area (Å²) in [4.78, 5) is 36.8. The zero-order valence-corrected chi connectivity index (χ0v) is 37.2. The molecule has 8 heteroatoms. The lowest BCUT2D eigenvalue weighted by Gasteiger charge is -2.34. The normalized spacial score (nSPS) is 13.9. The van der Waals surface area contributed by atoms with Crippen molar-refractivity contribution in [3.05, 3.63) is 97.2 Å². The van der Waals surface area contributed by atoms with Crippen molar-refractivity contribution < 1.29 is 38.2 Å². The van der Waals surface area contributed by atoms with Crippen LogP contribution in [-0.4, -0.2) is 75.5 Å². The average molecular weight is 808 g/mol. The molecule has 0 aliphatic rings. The summed E-state index contributed by atoms with van der Waals surface area (Å²) in [5.41, 5.74) is 0. The summed E-state index contributed by atoms with van der Waals surface area (Å²) in [5, 5.41) is 11.6. The predicted octanol–water partition coefficient (Wildman–Crippen LogP) is 11.0. The van der Waals surface area contributed by atoms with Gasteiger partial charge in [0.2, 0.25) is 0 Å². The van der Waals surface area contributed by atoms with Crippen molar-refractivity contribution in [2.75, 3.05) is 41.0 Å². The van der Waals surface area contributed by atoms with Crippen molar-refractivity contribution in [3.8, 4) is 0 Å². The molecule has 2 unspecified atom stereocenters. The molecule has 0 aromatic rings. The summed E-state index contributed by atoms with van der Waals surface area (Å²) >= 11 is 0. The molecule has 0 rings (SSSR count). The SMILES string of the molecule is CC/C=C/C/C=C/C/C=C/C/C=C/C/C=C/CCCCCCCCCC(=O)OC(COCCC(C(=O)[O-])[N+](C)(C)C)COC(=O)CCC/C=C/C/C=C/C/C=C/CC. The number of carboxylic acid groups (broad SMARTS) is 1. The van der Waals surface area contributed by atoms with Gasteiger partial charge in [0.05, 0.1) is 40.3 Å². The van der Waals surface area contributed by atoms with E-state index >= 15 is 0 Å². The molecule has 0 aromatic heterocycles. The Bertz CT molecular complexity index is 1260. The van der Waals surface area contributed by atoms with Crippen LogP contribution in [0, 0.1) is 0 Å². The number of ether oxygens (including phenoxy) is 3. The Labute approximate surface area is 354 Å². The highest BCUT2D eigenvalue weighted by atomic mass is 16.6. The Kier molecular flexibility index (Phi) is 37.5. The summed E-state index contributed by atoms with van der Waals surface area (Å²) in [7, 11) is 5.37. The van der Waals surface area contributed by atoms with Gasteiger partial charge in [-0.25, -0.2) is 0 Å². The molecule has 0 saturated heterocycles. The largest absolute Gasteiger partial charge is 0.544 e. The van der Waals surface area contributed by atoms with Gasteiger partial charge in [-0.1, -0.05) is 143 Å². The van der Waals surface area contributed by atoms with Gasteiger partial charge in [0.1, 0.15) is 12.6 Å². The average Bonchev–Trinajstić information content (AvgIpc) is 3.18. The van der Waals surface area contributed by atoms with Crippen molar-refractivity contribution >= 4 is 17.9 Å². The van der Waals surface area contributed by atoms with Crippen molar-refractivity contribution in [3.63, 3.8) is 0 Å². The smallest absolute Gasteiger partial charge is 0.306 e. The minimum Gasteiger partial charge on any atom is -0.544 e. The molecule has 0 saturated carbocycles. The van der Waals surface area contributed by atoms with E-state index in [1.807, 2.05) is 0 Å². The van der Waals surface area contributed by atoms with Gasteiger partial charge in [0.15, 0.2) is 6.10 Å². The van der Waals surface area contributed by atoms with Crippen LogP contribution >= 0.6 is 0 Å². The number of aliphatic carboxylic acids is 1. The van der Waals surface area contributed by atoms with E-state index in [4.69, 9.17) is 14.2 Å². The first-order valence-electron chi connectivity index (χ1n) is 22.3. The molecule has 8 nitrogen and oxygen atoms in total. The van der Waals surface area contributed by atoms with E-state index in [0.29, 0.717) is 12.8 Å². The van der Waals surface area contributed by atoms with Crippen LogP contribution in [-0.2, 0) is 28.6 Å². The van der Waals surface area contributed by atoms with E-state index in [9.17, 15) is 19.5 Å². The van der Waals surface area contributed by atoms with Gasteiger partial charge in [0, 0.05) is 19.3 Å². The number of hydrogen-bond acceptors (Lipinski definition) is 7. The minimum atomic E-state index is -1.14. The van der Waals surface area contributed by atoms with Gasteiger partial charge in [-0.3, -0.25) is 9.59 Å². The van der Waals surface area contributed by atoms with Crippen LogP contribution in [0.15, 0.2) is 97.2 Å². The van der Waals surface area contributed by atoms with Crippen molar-refractivity contribution in [2.45, 2.75) is 161 Å². The van der Waals surface area contributed by atoms with Gasteiger partial charge in [-0.15, -0.1) is 0 Å². The third-order valence-electron chi connectivity index (χ3n) is 9.22. The molecule has 0 radical (unpaired) electrons.